The number of nitrogens with one attached hydrogen (secondary N) is 1. The lowest BCUT2D eigenvalue weighted by atomic mass is 10.0. The molecule has 8 nitrogen and oxygen atoms in total. The molecule has 4 aromatic rings. The minimum absolute atomic E-state index is 0.0275. The predicted octanol–water partition coefficient (Wildman–Crippen LogP) is 5.32. The van der Waals surface area contributed by atoms with Crippen LogP contribution < -0.4 is 14.4 Å². The van der Waals surface area contributed by atoms with Crippen LogP contribution in [0.3, 0.4) is 0 Å². The fraction of sp³-hybridized carbons (Fsp3) is 0.212. The van der Waals surface area contributed by atoms with Crippen molar-refractivity contribution in [3.8, 4) is 5.75 Å². The van der Waals surface area contributed by atoms with Gasteiger partial charge in [0.05, 0.1) is 17.2 Å². The number of anilines is 1. The van der Waals surface area contributed by atoms with Crippen LogP contribution in [0.25, 0.3) is 0 Å². The Morgan fingerprint density at radius 1 is 0.837 bits per heavy atom. The number of rotatable bonds is 13. The van der Waals surface area contributed by atoms with Gasteiger partial charge in [0.1, 0.15) is 18.3 Å². The normalized spacial score (nSPS) is 11.8. The molecule has 43 heavy (non-hydrogen) atoms. The number of hydrogen-bond acceptors (Lipinski definition) is 5. The zero-order valence-electron chi connectivity index (χ0n) is 24.0. The molecule has 0 heterocycles. The molecule has 4 aromatic carbocycles. The Bertz CT molecular complexity index is 1600. The third-order valence-corrected chi connectivity index (χ3v) is 8.87. The third kappa shape index (κ3) is 8.15. The molecule has 4 rings (SSSR count). The first kappa shape index (κ1) is 31.6. The highest BCUT2D eigenvalue weighted by atomic mass is 35.5. The topological polar surface area (TPSA) is 96.0 Å². The number of nitrogens with zero attached hydrogens (tertiary/aromatic N) is 2. The fourth-order valence-electron chi connectivity index (χ4n) is 4.64. The van der Waals surface area contributed by atoms with Gasteiger partial charge in [0.25, 0.3) is 10.0 Å². The maximum Gasteiger partial charge on any atom is 0.264 e. The summed E-state index contributed by atoms with van der Waals surface area (Å²) in [4.78, 5) is 29.0. The summed E-state index contributed by atoms with van der Waals surface area (Å²) in [6.45, 7) is 1.85. The van der Waals surface area contributed by atoms with Crippen LogP contribution in [0, 0.1) is 0 Å². The van der Waals surface area contributed by atoms with Crippen molar-refractivity contribution in [1.82, 2.24) is 10.2 Å². The van der Waals surface area contributed by atoms with Crippen LogP contribution in [0.15, 0.2) is 114 Å². The number of likely N-dealkylation sites (N-methyl/N-ethyl adjacent to an activating group) is 1. The van der Waals surface area contributed by atoms with Gasteiger partial charge in [-0.1, -0.05) is 72.3 Å². The minimum Gasteiger partial charge on any atom is -0.494 e. The molecule has 0 unspecified atom stereocenters. The van der Waals surface area contributed by atoms with Gasteiger partial charge in [-0.05, 0) is 66.6 Å². The molecular formula is C33H34ClN3O5S. The molecule has 10 heteroatoms. The summed E-state index contributed by atoms with van der Waals surface area (Å²) in [7, 11) is -2.71. The first-order chi connectivity index (χ1) is 20.7. The maximum absolute atomic E-state index is 14.3. The van der Waals surface area contributed by atoms with Gasteiger partial charge in [-0.2, -0.15) is 0 Å². The SMILES string of the molecule is CCOc1ccc(N(CC(=O)N(Cc2ccccc2)[C@H](Cc2ccccc2)C(=O)NC)S(=O)(=O)c2ccc(Cl)cc2)cc1. The number of carbonyl (C=O) groups is 2. The molecular weight excluding hydrogens is 586 g/mol. The van der Waals surface area contributed by atoms with E-state index in [0.29, 0.717) is 17.4 Å². The molecule has 0 aliphatic carbocycles. The number of benzene rings is 4. The van der Waals surface area contributed by atoms with E-state index in [2.05, 4.69) is 5.32 Å². The van der Waals surface area contributed by atoms with Gasteiger partial charge in [-0.15, -0.1) is 0 Å². The summed E-state index contributed by atoms with van der Waals surface area (Å²) in [6, 6.07) is 30.0. The minimum atomic E-state index is -4.22. The quantitative estimate of drug-likeness (QED) is 0.219. The molecule has 0 spiro atoms. The molecule has 0 fully saturated rings. The van der Waals surface area contributed by atoms with E-state index in [9.17, 15) is 18.0 Å². The number of hydrogen-bond donors (Lipinski definition) is 1. The van der Waals surface area contributed by atoms with E-state index in [1.54, 1.807) is 24.3 Å². The zero-order chi connectivity index (χ0) is 30.8. The van der Waals surface area contributed by atoms with Crippen LogP contribution in [-0.4, -0.2) is 51.4 Å². The smallest absolute Gasteiger partial charge is 0.264 e. The summed E-state index contributed by atoms with van der Waals surface area (Å²) in [5.41, 5.74) is 1.93. The van der Waals surface area contributed by atoms with Crippen molar-refractivity contribution in [2.24, 2.45) is 0 Å². The van der Waals surface area contributed by atoms with Crippen molar-refractivity contribution in [2.45, 2.75) is 30.8 Å². The van der Waals surface area contributed by atoms with E-state index in [1.807, 2.05) is 67.6 Å². The van der Waals surface area contributed by atoms with Crippen LogP contribution in [-0.2, 0) is 32.6 Å². The zero-order valence-corrected chi connectivity index (χ0v) is 25.6. The van der Waals surface area contributed by atoms with Gasteiger partial charge in [0, 0.05) is 25.0 Å². The lowest BCUT2D eigenvalue weighted by molar-refractivity contribution is -0.139. The molecule has 224 valence electrons. The molecule has 0 aliphatic heterocycles. The lowest BCUT2D eigenvalue weighted by Gasteiger charge is -2.33. The second-order valence-electron chi connectivity index (χ2n) is 9.72. The fourth-order valence-corrected chi connectivity index (χ4v) is 6.18. The Balaban J connectivity index is 1.77. The van der Waals surface area contributed by atoms with Gasteiger partial charge in [0.2, 0.25) is 11.8 Å². The predicted molar refractivity (Wildman–Crippen MR) is 169 cm³/mol. The van der Waals surface area contributed by atoms with Crippen LogP contribution in [0.4, 0.5) is 5.69 Å². The Morgan fingerprint density at radius 3 is 1.98 bits per heavy atom. The highest BCUT2D eigenvalue weighted by molar-refractivity contribution is 7.92. The monoisotopic (exact) mass is 619 g/mol. The Hall–Kier alpha value is -4.34. The van der Waals surface area contributed by atoms with Crippen molar-refractivity contribution in [3.63, 3.8) is 0 Å². The van der Waals surface area contributed by atoms with E-state index in [0.717, 1.165) is 15.4 Å². The Morgan fingerprint density at radius 2 is 1.42 bits per heavy atom. The first-order valence-electron chi connectivity index (χ1n) is 13.8. The maximum atomic E-state index is 14.3. The second-order valence-corrected chi connectivity index (χ2v) is 12.0. The van der Waals surface area contributed by atoms with E-state index in [4.69, 9.17) is 16.3 Å². The molecule has 0 saturated carbocycles. The summed E-state index contributed by atoms with van der Waals surface area (Å²) in [5, 5.41) is 3.06. The number of carbonyl (C=O) groups excluding carboxylic acids is 2. The highest BCUT2D eigenvalue weighted by Gasteiger charge is 2.34. The van der Waals surface area contributed by atoms with E-state index < -0.39 is 28.5 Å². The molecule has 0 bridgehead atoms. The summed E-state index contributed by atoms with van der Waals surface area (Å²) >= 11 is 6.03. The average molecular weight is 620 g/mol. The van der Waals surface area contributed by atoms with E-state index >= 15 is 0 Å². The summed E-state index contributed by atoms with van der Waals surface area (Å²) in [5.74, 6) is -0.337. The number of ether oxygens (including phenoxy) is 1. The van der Waals surface area contributed by atoms with Crippen LogP contribution in [0.5, 0.6) is 5.75 Å². The molecule has 0 radical (unpaired) electrons. The highest BCUT2D eigenvalue weighted by Crippen LogP contribution is 2.27. The van der Waals surface area contributed by atoms with Crippen molar-refractivity contribution in [3.05, 3.63) is 125 Å². The van der Waals surface area contributed by atoms with Gasteiger partial charge >= 0.3 is 0 Å². The molecule has 0 aliphatic rings. The van der Waals surface area contributed by atoms with Gasteiger partial charge < -0.3 is 15.0 Å². The van der Waals surface area contributed by atoms with Crippen LogP contribution in [0.1, 0.15) is 18.1 Å². The van der Waals surface area contributed by atoms with Crippen molar-refractivity contribution in [2.75, 3.05) is 24.5 Å². The lowest BCUT2D eigenvalue weighted by Crippen LogP contribution is -2.53. The van der Waals surface area contributed by atoms with Gasteiger partial charge in [-0.3, -0.25) is 13.9 Å². The van der Waals surface area contributed by atoms with Crippen molar-refractivity contribution in [1.29, 1.82) is 0 Å². The van der Waals surface area contributed by atoms with Crippen molar-refractivity contribution >= 4 is 39.1 Å². The number of halogens is 1. The number of sulfonamides is 1. The van der Waals surface area contributed by atoms with Gasteiger partial charge in [0.15, 0.2) is 0 Å². The molecule has 1 N–H and O–H groups in total. The number of amides is 2. The first-order valence-corrected chi connectivity index (χ1v) is 15.6. The second kappa shape index (κ2) is 14.7. The molecule has 0 aromatic heterocycles. The Labute approximate surface area is 257 Å². The molecule has 1 atom stereocenters. The molecule has 0 saturated heterocycles. The third-order valence-electron chi connectivity index (χ3n) is 6.83. The Kier molecular flexibility index (Phi) is 10.8. The van der Waals surface area contributed by atoms with Gasteiger partial charge in [-0.25, -0.2) is 8.42 Å². The standard InChI is InChI=1S/C33H34ClN3O5S/c1-3-42-29-18-16-28(17-19-29)37(43(40,41)30-20-14-27(34)15-21-30)24-32(38)36(23-26-12-8-5-9-13-26)31(33(39)35-2)22-25-10-6-4-7-11-25/h4-21,31H,3,22-24H2,1-2H3,(H,35,39)/t31-/m1/s1. The van der Waals surface area contributed by atoms with Crippen LogP contribution >= 0.6 is 11.6 Å². The van der Waals surface area contributed by atoms with Crippen molar-refractivity contribution < 1.29 is 22.7 Å². The summed E-state index contributed by atoms with van der Waals surface area (Å²) in [6.07, 6.45) is 0.242. The largest absolute Gasteiger partial charge is 0.494 e. The van der Waals surface area contributed by atoms with E-state index in [1.165, 1.54) is 36.2 Å². The average Bonchev–Trinajstić information content (AvgIpc) is 3.03. The molecule has 2 amide bonds. The summed E-state index contributed by atoms with van der Waals surface area (Å²) < 4.78 is 34.6. The van der Waals surface area contributed by atoms with E-state index in [-0.39, 0.29) is 29.5 Å². The van der Waals surface area contributed by atoms with Crippen LogP contribution in [0.2, 0.25) is 5.02 Å².